The Morgan fingerprint density at radius 3 is 2.12 bits per heavy atom. The summed E-state index contributed by atoms with van der Waals surface area (Å²) in [5, 5.41) is 18.3. The second-order valence-electron chi connectivity index (χ2n) is 5.56. The van der Waals surface area contributed by atoms with Gasteiger partial charge in [-0.2, -0.15) is 0 Å². The van der Waals surface area contributed by atoms with E-state index in [0.717, 1.165) is 11.1 Å². The lowest BCUT2D eigenvalue weighted by Crippen LogP contribution is -2.46. The highest BCUT2D eigenvalue weighted by Crippen LogP contribution is 2.07. The van der Waals surface area contributed by atoms with Crippen LogP contribution in [0.25, 0.3) is 0 Å². The second kappa shape index (κ2) is 11.2. The number of nitrogens with zero attached hydrogens (tertiary/aromatic N) is 2. The van der Waals surface area contributed by atoms with Crippen LogP contribution in [0, 0.1) is 0 Å². The highest BCUT2D eigenvalue weighted by molar-refractivity contribution is 6.29. The van der Waals surface area contributed by atoms with Crippen molar-refractivity contribution >= 4 is 19.5 Å². The summed E-state index contributed by atoms with van der Waals surface area (Å²) in [6.07, 6.45) is 5.69. The van der Waals surface area contributed by atoms with Crippen LogP contribution in [-0.4, -0.2) is 59.0 Å². The maximum Gasteiger partial charge on any atom is 0.316 e. The third-order valence-electron chi connectivity index (χ3n) is 3.37. The van der Waals surface area contributed by atoms with Crippen molar-refractivity contribution in [2.24, 2.45) is 0 Å². The molecule has 0 amide bonds. The molecule has 0 saturated heterocycles. The zero-order valence-corrected chi connectivity index (χ0v) is 14.6. The van der Waals surface area contributed by atoms with Gasteiger partial charge in [0.1, 0.15) is 0 Å². The first kappa shape index (κ1) is 20.7. The number of aliphatic carboxylic acids is 2. The average Bonchev–Trinajstić information content (AvgIpc) is 2.54. The molecule has 0 aromatic heterocycles. The van der Waals surface area contributed by atoms with Crippen LogP contribution < -0.4 is 0 Å². The van der Waals surface area contributed by atoms with Gasteiger partial charge in [-0.05, 0) is 25.0 Å². The maximum atomic E-state index is 11.2. The predicted octanol–water partition coefficient (Wildman–Crippen LogP) is 2.02. The van der Waals surface area contributed by atoms with E-state index in [-0.39, 0.29) is 13.1 Å². The summed E-state index contributed by atoms with van der Waals surface area (Å²) in [7, 11) is 1.59. The zero-order chi connectivity index (χ0) is 18.7. The molecule has 1 rings (SSSR count). The monoisotopic (exact) mass is 343 g/mol. The van der Waals surface area contributed by atoms with Gasteiger partial charge in [-0.1, -0.05) is 48.6 Å². The fourth-order valence-corrected chi connectivity index (χ4v) is 2.36. The van der Waals surface area contributed by atoms with Crippen LogP contribution in [-0.2, 0) is 16.1 Å². The molecule has 0 heterocycles. The van der Waals surface area contributed by atoms with Crippen LogP contribution in [0.2, 0.25) is 0 Å². The van der Waals surface area contributed by atoms with Crippen molar-refractivity contribution in [3.05, 3.63) is 59.7 Å². The molecule has 0 spiro atoms. The van der Waals surface area contributed by atoms with Gasteiger partial charge in [0, 0.05) is 13.1 Å². The molecule has 1 aromatic rings. The summed E-state index contributed by atoms with van der Waals surface area (Å²) in [6.45, 7) is 4.13. The number of benzene rings is 1. The summed E-state index contributed by atoms with van der Waals surface area (Å²) >= 11 is 0. The molecule has 0 bridgehead atoms. The molecule has 0 fully saturated rings. The standard InChI is InChI=1S/C18H24BN2O4/c1-3-8-15(4-2)11-20(13-17(22)23)19-21(14-18(24)25)12-16-9-6-5-7-10-16/h3-10H,11-14H2,1-2H3,(H,22,23)(H,24,25)/b8-3-,15-4+. The van der Waals surface area contributed by atoms with Gasteiger partial charge in [-0.3, -0.25) is 9.59 Å². The predicted molar refractivity (Wildman–Crippen MR) is 98.0 cm³/mol. The molecule has 0 atom stereocenters. The Bertz CT molecular complexity index is 617. The molecule has 2 N–H and O–H groups in total. The molecule has 0 unspecified atom stereocenters. The van der Waals surface area contributed by atoms with Crippen molar-refractivity contribution < 1.29 is 19.8 Å². The van der Waals surface area contributed by atoms with E-state index in [4.69, 9.17) is 10.2 Å². The molecule has 25 heavy (non-hydrogen) atoms. The summed E-state index contributed by atoms with van der Waals surface area (Å²) in [5.74, 6) is -1.94. The molecule has 0 aliphatic carbocycles. The topological polar surface area (TPSA) is 81.1 Å². The number of allylic oxidation sites excluding steroid dienone is 2. The van der Waals surface area contributed by atoms with E-state index in [0.29, 0.717) is 13.1 Å². The van der Waals surface area contributed by atoms with Gasteiger partial charge < -0.3 is 19.8 Å². The van der Waals surface area contributed by atoms with Gasteiger partial charge in [0.2, 0.25) is 0 Å². The van der Waals surface area contributed by atoms with Crippen LogP contribution in [0.5, 0.6) is 0 Å². The highest BCUT2D eigenvalue weighted by atomic mass is 16.4. The number of hydrogen-bond acceptors (Lipinski definition) is 4. The minimum absolute atomic E-state index is 0.209. The molecule has 1 aromatic carbocycles. The molecule has 133 valence electrons. The molecule has 7 heteroatoms. The summed E-state index contributed by atoms with van der Waals surface area (Å²) in [6, 6.07) is 9.46. The number of rotatable bonds is 11. The minimum Gasteiger partial charge on any atom is -0.480 e. The summed E-state index contributed by atoms with van der Waals surface area (Å²) in [4.78, 5) is 25.5. The molecule has 1 radical (unpaired) electrons. The van der Waals surface area contributed by atoms with Crippen LogP contribution in [0.3, 0.4) is 0 Å². The molecule has 0 aliphatic rings. The average molecular weight is 343 g/mol. The fraction of sp³-hybridized carbons (Fsp3) is 0.333. The Balaban J connectivity index is 2.88. The maximum absolute atomic E-state index is 11.2. The summed E-state index contributed by atoms with van der Waals surface area (Å²) in [5.41, 5.74) is 1.91. The molecular formula is C18H24BN2O4. The molecule has 0 aliphatic heterocycles. The van der Waals surface area contributed by atoms with E-state index in [1.807, 2.05) is 62.4 Å². The minimum atomic E-state index is -0.970. The number of carboxylic acid groups (broad SMARTS) is 2. The van der Waals surface area contributed by atoms with Crippen molar-refractivity contribution in [3.8, 4) is 0 Å². The van der Waals surface area contributed by atoms with Crippen molar-refractivity contribution in [3.63, 3.8) is 0 Å². The summed E-state index contributed by atoms with van der Waals surface area (Å²) < 4.78 is 0. The fourth-order valence-electron chi connectivity index (χ4n) is 2.36. The van der Waals surface area contributed by atoms with Gasteiger partial charge in [0.25, 0.3) is 0 Å². The van der Waals surface area contributed by atoms with Gasteiger partial charge in [-0.25, -0.2) is 0 Å². The van der Waals surface area contributed by atoms with E-state index < -0.39 is 11.9 Å². The lowest BCUT2D eigenvalue weighted by Gasteiger charge is -2.27. The van der Waals surface area contributed by atoms with Gasteiger partial charge in [0.15, 0.2) is 0 Å². The number of carboxylic acids is 2. The largest absolute Gasteiger partial charge is 0.480 e. The van der Waals surface area contributed by atoms with E-state index in [2.05, 4.69) is 0 Å². The van der Waals surface area contributed by atoms with Crippen LogP contribution in [0.15, 0.2) is 54.1 Å². The first-order chi connectivity index (χ1) is 11.9. The third kappa shape index (κ3) is 8.88. The SMILES string of the molecule is C/C=C\C(=C/C)CN([B]N(CC(=O)O)Cc1ccccc1)CC(=O)O. The van der Waals surface area contributed by atoms with E-state index in [1.54, 1.807) is 17.2 Å². The van der Waals surface area contributed by atoms with E-state index >= 15 is 0 Å². The normalized spacial score (nSPS) is 12.1. The van der Waals surface area contributed by atoms with Crippen molar-refractivity contribution in [1.82, 2.24) is 9.62 Å². The van der Waals surface area contributed by atoms with Crippen molar-refractivity contribution in [2.75, 3.05) is 19.6 Å². The number of hydrogen-bond donors (Lipinski definition) is 2. The van der Waals surface area contributed by atoms with Gasteiger partial charge in [0.05, 0.1) is 13.1 Å². The molecule has 0 saturated carbocycles. The first-order valence-corrected chi connectivity index (χ1v) is 8.03. The Morgan fingerprint density at radius 2 is 1.60 bits per heavy atom. The van der Waals surface area contributed by atoms with Gasteiger partial charge in [-0.15, -0.1) is 0 Å². The third-order valence-corrected chi connectivity index (χ3v) is 3.37. The molecular weight excluding hydrogens is 319 g/mol. The lowest BCUT2D eigenvalue weighted by atomic mass is 9.99. The highest BCUT2D eigenvalue weighted by Gasteiger charge is 2.20. The van der Waals surface area contributed by atoms with E-state index in [1.165, 1.54) is 0 Å². The van der Waals surface area contributed by atoms with Crippen molar-refractivity contribution in [2.45, 2.75) is 20.4 Å². The second-order valence-corrected chi connectivity index (χ2v) is 5.56. The zero-order valence-electron chi connectivity index (χ0n) is 14.6. The van der Waals surface area contributed by atoms with Crippen LogP contribution in [0.1, 0.15) is 19.4 Å². The molecule has 6 nitrogen and oxygen atoms in total. The quantitative estimate of drug-likeness (QED) is 0.473. The van der Waals surface area contributed by atoms with Crippen molar-refractivity contribution in [1.29, 1.82) is 0 Å². The first-order valence-electron chi connectivity index (χ1n) is 8.03. The Morgan fingerprint density at radius 1 is 1.00 bits per heavy atom. The van der Waals surface area contributed by atoms with Gasteiger partial charge >= 0.3 is 19.5 Å². The van der Waals surface area contributed by atoms with Crippen LogP contribution in [0.4, 0.5) is 0 Å². The Hall–Kier alpha value is -2.38. The Kier molecular flexibility index (Phi) is 9.28. The van der Waals surface area contributed by atoms with Crippen LogP contribution >= 0.6 is 0 Å². The Labute approximate surface area is 149 Å². The van der Waals surface area contributed by atoms with E-state index in [9.17, 15) is 9.59 Å². The lowest BCUT2D eigenvalue weighted by molar-refractivity contribution is -0.137. The smallest absolute Gasteiger partial charge is 0.316 e. The number of carbonyl (C=O) groups is 2.